The fraction of sp³-hybridized carbons (Fsp3) is 0.0769. The standard InChI is InChI=1S/C13H10ClN5S/c14-11-3-1-10(2-4-11)12-17-13(19-18-12)20-7-9-5-15-8-16-6-9/h1-6,8H,7H2,(H,17,18,19). The summed E-state index contributed by atoms with van der Waals surface area (Å²) in [5.74, 6) is 1.46. The maximum Gasteiger partial charge on any atom is 0.209 e. The van der Waals surface area contributed by atoms with E-state index in [4.69, 9.17) is 11.6 Å². The van der Waals surface area contributed by atoms with Crippen LogP contribution in [0.4, 0.5) is 0 Å². The number of nitrogens with one attached hydrogen (secondary N) is 1. The predicted molar refractivity (Wildman–Crippen MR) is 78.4 cm³/mol. The SMILES string of the molecule is Clc1ccc(-c2nc(SCc3cncnc3)n[nH]2)cc1. The van der Waals surface area contributed by atoms with Gasteiger partial charge in [-0.05, 0) is 29.8 Å². The third-order valence-electron chi connectivity index (χ3n) is 2.56. The van der Waals surface area contributed by atoms with Gasteiger partial charge in [-0.2, -0.15) is 0 Å². The lowest BCUT2D eigenvalue weighted by Gasteiger charge is -1.96. The van der Waals surface area contributed by atoms with E-state index in [1.165, 1.54) is 18.1 Å². The van der Waals surface area contributed by atoms with Gasteiger partial charge in [-0.15, -0.1) is 5.10 Å². The Morgan fingerprint density at radius 1 is 1.10 bits per heavy atom. The first kappa shape index (κ1) is 13.1. The minimum absolute atomic E-state index is 0.693. The second-order valence-corrected chi connectivity index (χ2v) is 5.39. The van der Waals surface area contributed by atoms with Crippen LogP contribution in [-0.4, -0.2) is 25.1 Å². The molecule has 0 amide bonds. The average molecular weight is 304 g/mol. The molecule has 0 radical (unpaired) electrons. The van der Waals surface area contributed by atoms with Gasteiger partial charge in [-0.25, -0.2) is 15.0 Å². The Morgan fingerprint density at radius 2 is 1.85 bits per heavy atom. The van der Waals surface area contributed by atoms with Crippen molar-refractivity contribution >= 4 is 23.4 Å². The largest absolute Gasteiger partial charge is 0.258 e. The Hall–Kier alpha value is -1.92. The summed E-state index contributed by atoms with van der Waals surface area (Å²) in [7, 11) is 0. The fourth-order valence-corrected chi connectivity index (χ4v) is 2.44. The maximum atomic E-state index is 5.86. The molecule has 5 nitrogen and oxygen atoms in total. The zero-order valence-electron chi connectivity index (χ0n) is 10.3. The molecule has 0 unspecified atom stereocenters. The Bertz CT molecular complexity index is 683. The Balaban J connectivity index is 1.69. The van der Waals surface area contributed by atoms with Gasteiger partial charge in [0.25, 0.3) is 0 Å². The molecule has 1 aromatic carbocycles. The van der Waals surface area contributed by atoms with E-state index in [9.17, 15) is 0 Å². The van der Waals surface area contributed by atoms with E-state index < -0.39 is 0 Å². The van der Waals surface area contributed by atoms with Gasteiger partial charge in [-0.3, -0.25) is 5.10 Å². The molecule has 0 atom stereocenters. The molecule has 7 heteroatoms. The summed E-state index contributed by atoms with van der Waals surface area (Å²) in [5, 5.41) is 8.50. The van der Waals surface area contributed by atoms with E-state index in [1.807, 2.05) is 24.3 Å². The average Bonchev–Trinajstić information content (AvgIpc) is 2.96. The molecule has 0 fully saturated rings. The number of aromatic amines is 1. The van der Waals surface area contributed by atoms with Crippen LogP contribution in [0.15, 0.2) is 48.1 Å². The summed E-state index contributed by atoms with van der Waals surface area (Å²) in [5.41, 5.74) is 1.99. The highest BCUT2D eigenvalue weighted by atomic mass is 35.5. The van der Waals surface area contributed by atoms with Crippen molar-refractivity contribution in [2.45, 2.75) is 10.9 Å². The van der Waals surface area contributed by atoms with Gasteiger partial charge in [0, 0.05) is 28.7 Å². The number of H-pyrrole nitrogens is 1. The molecule has 100 valence electrons. The molecule has 3 rings (SSSR count). The van der Waals surface area contributed by atoms with Crippen molar-refractivity contribution in [2.75, 3.05) is 0 Å². The molecule has 0 aliphatic heterocycles. The normalized spacial score (nSPS) is 10.7. The molecule has 0 aliphatic rings. The monoisotopic (exact) mass is 303 g/mol. The predicted octanol–water partition coefficient (Wildman–Crippen LogP) is 3.21. The molecule has 0 spiro atoms. The first-order chi connectivity index (χ1) is 9.81. The number of hydrogen-bond acceptors (Lipinski definition) is 5. The third-order valence-corrected chi connectivity index (χ3v) is 3.73. The topological polar surface area (TPSA) is 67.3 Å². The van der Waals surface area contributed by atoms with Crippen molar-refractivity contribution in [1.29, 1.82) is 0 Å². The zero-order valence-corrected chi connectivity index (χ0v) is 11.9. The highest BCUT2D eigenvalue weighted by molar-refractivity contribution is 7.98. The lowest BCUT2D eigenvalue weighted by molar-refractivity contribution is 0.972. The van der Waals surface area contributed by atoms with E-state index >= 15 is 0 Å². The molecule has 1 N–H and O–H groups in total. The van der Waals surface area contributed by atoms with Crippen LogP contribution in [0.5, 0.6) is 0 Å². The van der Waals surface area contributed by atoms with Crippen molar-refractivity contribution < 1.29 is 0 Å². The summed E-state index contributed by atoms with van der Waals surface area (Å²) < 4.78 is 0. The second kappa shape index (κ2) is 6.02. The minimum Gasteiger partial charge on any atom is -0.258 e. The zero-order chi connectivity index (χ0) is 13.8. The first-order valence-electron chi connectivity index (χ1n) is 5.86. The van der Waals surface area contributed by atoms with Crippen LogP contribution in [0, 0.1) is 0 Å². The Labute approximate surface area is 124 Å². The number of aromatic nitrogens is 5. The van der Waals surface area contributed by atoms with Gasteiger partial charge in [-0.1, -0.05) is 23.4 Å². The number of benzene rings is 1. The van der Waals surface area contributed by atoms with E-state index in [-0.39, 0.29) is 0 Å². The van der Waals surface area contributed by atoms with Crippen molar-refractivity contribution in [3.63, 3.8) is 0 Å². The van der Waals surface area contributed by atoms with Crippen LogP contribution in [0.1, 0.15) is 5.56 Å². The molecular formula is C13H10ClN5S. The molecule has 0 bridgehead atoms. The Kier molecular flexibility index (Phi) is 3.94. The molecule has 20 heavy (non-hydrogen) atoms. The van der Waals surface area contributed by atoms with Crippen LogP contribution in [-0.2, 0) is 5.75 Å². The van der Waals surface area contributed by atoms with Crippen LogP contribution < -0.4 is 0 Å². The number of nitrogens with zero attached hydrogens (tertiary/aromatic N) is 4. The molecule has 3 aromatic rings. The van der Waals surface area contributed by atoms with Crippen LogP contribution >= 0.6 is 23.4 Å². The van der Waals surface area contributed by atoms with Gasteiger partial charge in [0.1, 0.15) is 6.33 Å². The van der Waals surface area contributed by atoms with Crippen molar-refractivity contribution in [1.82, 2.24) is 25.1 Å². The van der Waals surface area contributed by atoms with Gasteiger partial charge in [0.15, 0.2) is 5.82 Å². The molecule has 0 saturated heterocycles. The fourth-order valence-electron chi connectivity index (χ4n) is 1.60. The lowest BCUT2D eigenvalue weighted by atomic mass is 10.2. The number of rotatable bonds is 4. The van der Waals surface area contributed by atoms with E-state index in [1.54, 1.807) is 12.4 Å². The van der Waals surface area contributed by atoms with Crippen LogP contribution in [0.25, 0.3) is 11.4 Å². The highest BCUT2D eigenvalue weighted by Crippen LogP contribution is 2.22. The van der Waals surface area contributed by atoms with Crippen LogP contribution in [0.3, 0.4) is 0 Å². The van der Waals surface area contributed by atoms with Gasteiger partial charge < -0.3 is 0 Å². The van der Waals surface area contributed by atoms with Crippen LogP contribution in [0.2, 0.25) is 5.02 Å². The quantitative estimate of drug-likeness (QED) is 0.750. The van der Waals surface area contributed by atoms with E-state index in [0.29, 0.717) is 10.2 Å². The summed E-state index contributed by atoms with van der Waals surface area (Å²) >= 11 is 7.39. The first-order valence-corrected chi connectivity index (χ1v) is 7.22. The number of thioether (sulfide) groups is 1. The molecule has 0 aliphatic carbocycles. The second-order valence-electron chi connectivity index (χ2n) is 4.01. The number of halogens is 1. The molecule has 2 heterocycles. The van der Waals surface area contributed by atoms with Crippen molar-refractivity contribution in [3.05, 3.63) is 53.6 Å². The Morgan fingerprint density at radius 3 is 2.60 bits per heavy atom. The summed E-state index contributed by atoms with van der Waals surface area (Å²) in [6.07, 6.45) is 5.08. The van der Waals surface area contributed by atoms with Crippen molar-refractivity contribution in [3.8, 4) is 11.4 Å². The summed E-state index contributed by atoms with van der Waals surface area (Å²) in [4.78, 5) is 12.4. The smallest absolute Gasteiger partial charge is 0.209 e. The van der Waals surface area contributed by atoms with Crippen molar-refractivity contribution in [2.24, 2.45) is 0 Å². The molecule has 2 aromatic heterocycles. The minimum atomic E-state index is 0.693. The third kappa shape index (κ3) is 3.15. The molecular weight excluding hydrogens is 294 g/mol. The highest BCUT2D eigenvalue weighted by Gasteiger charge is 2.06. The summed E-state index contributed by atoms with van der Waals surface area (Å²) in [6.45, 7) is 0. The van der Waals surface area contributed by atoms with Gasteiger partial charge >= 0.3 is 0 Å². The summed E-state index contributed by atoms with van der Waals surface area (Å²) in [6, 6.07) is 7.46. The van der Waals surface area contributed by atoms with Gasteiger partial charge in [0.2, 0.25) is 5.16 Å². The molecule has 0 saturated carbocycles. The van der Waals surface area contributed by atoms with E-state index in [0.717, 1.165) is 22.7 Å². The maximum absolute atomic E-state index is 5.86. The lowest BCUT2D eigenvalue weighted by Crippen LogP contribution is -1.85. The van der Waals surface area contributed by atoms with Gasteiger partial charge in [0.05, 0.1) is 0 Å². The van der Waals surface area contributed by atoms with E-state index in [2.05, 4.69) is 25.1 Å². The number of hydrogen-bond donors (Lipinski definition) is 1.